The normalized spacial score (nSPS) is 15.1. The van der Waals surface area contributed by atoms with Crippen LogP contribution in [0.25, 0.3) is 22.0 Å². The minimum Gasteiger partial charge on any atom is -0.493 e. The van der Waals surface area contributed by atoms with Crippen molar-refractivity contribution in [2.45, 2.75) is 72.0 Å². The average Bonchev–Trinajstić information content (AvgIpc) is 3.38. The number of rotatable bonds is 11. The number of fused-ring (bicyclic) bond motifs is 4. The Balaban J connectivity index is 1.60. The van der Waals surface area contributed by atoms with Crippen LogP contribution in [0.5, 0.6) is 17.2 Å². The highest BCUT2D eigenvalue weighted by atomic mass is 16.5. The lowest BCUT2D eigenvalue weighted by atomic mass is 9.95. The molecule has 0 bridgehead atoms. The summed E-state index contributed by atoms with van der Waals surface area (Å²) in [6, 6.07) is 14.1. The van der Waals surface area contributed by atoms with E-state index in [9.17, 15) is 14.4 Å². The first kappa shape index (κ1) is 34.3. The Labute approximate surface area is 281 Å². The van der Waals surface area contributed by atoms with E-state index in [-0.39, 0.29) is 34.9 Å². The molecule has 3 aromatic carbocycles. The van der Waals surface area contributed by atoms with Gasteiger partial charge < -0.3 is 34.7 Å². The summed E-state index contributed by atoms with van der Waals surface area (Å²) in [6.07, 6.45) is 3.88. The van der Waals surface area contributed by atoms with Crippen LogP contribution in [0, 0.1) is 5.92 Å². The highest BCUT2D eigenvalue weighted by Gasteiger charge is 2.30. The van der Waals surface area contributed by atoms with Gasteiger partial charge in [0.2, 0.25) is 23.0 Å². The minimum absolute atomic E-state index is 0.100. The summed E-state index contributed by atoms with van der Waals surface area (Å²) in [6.45, 7) is 9.71. The predicted molar refractivity (Wildman–Crippen MR) is 191 cm³/mol. The van der Waals surface area contributed by atoms with Crippen LogP contribution in [0.15, 0.2) is 59.5 Å². The summed E-state index contributed by atoms with van der Waals surface area (Å²) >= 11 is 0. The second-order valence-electron chi connectivity index (χ2n) is 12.6. The first-order valence-electron chi connectivity index (χ1n) is 16.5. The number of aromatic nitrogens is 1. The summed E-state index contributed by atoms with van der Waals surface area (Å²) in [7, 11) is 4.69. The molecule has 3 atom stereocenters. The van der Waals surface area contributed by atoms with Crippen LogP contribution in [-0.4, -0.2) is 43.8 Å². The van der Waals surface area contributed by atoms with Gasteiger partial charge in [0.1, 0.15) is 6.04 Å². The molecule has 0 fully saturated rings. The number of methoxy groups -OCH3 is 3. The molecular weight excluding hydrogens is 608 g/mol. The zero-order valence-electron chi connectivity index (χ0n) is 29.0. The maximum Gasteiger partial charge on any atom is 0.247 e. The summed E-state index contributed by atoms with van der Waals surface area (Å²) < 4.78 is 19.4. The van der Waals surface area contributed by atoms with E-state index in [1.54, 1.807) is 33.5 Å². The maximum atomic E-state index is 14.0. The zero-order chi connectivity index (χ0) is 34.7. The molecule has 1 aromatic heterocycles. The number of anilines is 2. The van der Waals surface area contributed by atoms with E-state index < -0.39 is 12.1 Å². The van der Waals surface area contributed by atoms with Crippen LogP contribution < -0.4 is 35.6 Å². The van der Waals surface area contributed by atoms with Crippen LogP contribution >= 0.6 is 0 Å². The molecule has 0 saturated carbocycles. The molecule has 0 radical (unpaired) electrons. The largest absolute Gasteiger partial charge is 0.493 e. The lowest BCUT2D eigenvalue weighted by molar-refractivity contribution is -0.120. The second kappa shape index (κ2) is 14.4. The van der Waals surface area contributed by atoms with Crippen LogP contribution in [0.4, 0.5) is 11.4 Å². The van der Waals surface area contributed by atoms with Crippen LogP contribution in [0.3, 0.4) is 0 Å². The molecule has 48 heavy (non-hydrogen) atoms. The molecule has 0 unspecified atom stereocenters. The number of hydrogen-bond donors (Lipinski definition) is 3. The van der Waals surface area contributed by atoms with Gasteiger partial charge in [-0.25, -0.2) is 0 Å². The number of ether oxygens (including phenoxy) is 3. The summed E-state index contributed by atoms with van der Waals surface area (Å²) in [5.74, 6) is 0.893. The van der Waals surface area contributed by atoms with Gasteiger partial charge in [-0.3, -0.25) is 14.4 Å². The van der Waals surface area contributed by atoms with E-state index in [1.165, 1.54) is 6.92 Å². The summed E-state index contributed by atoms with van der Waals surface area (Å²) in [5.41, 5.74) is 4.79. The zero-order valence-corrected chi connectivity index (χ0v) is 29.0. The third kappa shape index (κ3) is 6.56. The Hall–Kier alpha value is -4.99. The maximum absolute atomic E-state index is 14.0. The Kier molecular flexibility index (Phi) is 10.3. The molecule has 0 aliphatic heterocycles. The fourth-order valence-corrected chi connectivity index (χ4v) is 6.65. The Morgan fingerprint density at radius 2 is 1.71 bits per heavy atom. The first-order valence-corrected chi connectivity index (χ1v) is 16.5. The Bertz CT molecular complexity index is 1900. The number of amides is 2. The van der Waals surface area contributed by atoms with Gasteiger partial charge in [0.05, 0.1) is 44.3 Å². The fourth-order valence-electron chi connectivity index (χ4n) is 6.65. The van der Waals surface area contributed by atoms with E-state index in [2.05, 4.69) is 34.4 Å². The molecule has 0 spiro atoms. The van der Waals surface area contributed by atoms with Crippen LogP contribution in [-0.2, 0) is 16.0 Å². The molecule has 10 nitrogen and oxygen atoms in total. The van der Waals surface area contributed by atoms with Gasteiger partial charge in [0.15, 0.2) is 11.5 Å². The molecule has 1 heterocycles. The fraction of sp³-hybridized carbons (Fsp3) is 0.395. The smallest absolute Gasteiger partial charge is 0.247 e. The highest BCUT2D eigenvalue weighted by Crippen LogP contribution is 2.50. The average molecular weight is 655 g/mol. The van der Waals surface area contributed by atoms with Crippen molar-refractivity contribution in [1.29, 1.82) is 0 Å². The van der Waals surface area contributed by atoms with Crippen molar-refractivity contribution in [3.8, 4) is 28.4 Å². The van der Waals surface area contributed by atoms with Crippen molar-refractivity contribution in [1.82, 2.24) is 9.88 Å². The van der Waals surface area contributed by atoms with E-state index in [4.69, 9.17) is 14.2 Å². The topological polar surface area (TPSA) is 120 Å². The quantitative estimate of drug-likeness (QED) is 0.162. The molecule has 3 N–H and O–H groups in total. The second-order valence-corrected chi connectivity index (χ2v) is 12.6. The number of hydrogen-bond acceptors (Lipinski definition) is 7. The van der Waals surface area contributed by atoms with Gasteiger partial charge >= 0.3 is 0 Å². The van der Waals surface area contributed by atoms with Gasteiger partial charge in [-0.05, 0) is 85.7 Å². The van der Waals surface area contributed by atoms with Gasteiger partial charge in [-0.1, -0.05) is 32.4 Å². The van der Waals surface area contributed by atoms with Crippen LogP contribution in [0.1, 0.15) is 70.7 Å². The number of benzene rings is 2. The minimum atomic E-state index is -0.704. The van der Waals surface area contributed by atoms with Gasteiger partial charge in [0, 0.05) is 30.1 Å². The SMILES string of the molecule is CC[C@@H](C)[C@H](Nc1ccc2c(cc1=O)[C@@H](NC(C)=O)CCc1cc(OC)c(OC)c(OC)c1-2)C(=O)Nc1cccc2c1ccn2C(C)C. The van der Waals surface area contributed by atoms with Crippen molar-refractivity contribution < 1.29 is 23.8 Å². The molecule has 5 rings (SSSR count). The van der Waals surface area contributed by atoms with Gasteiger partial charge in [-0.15, -0.1) is 0 Å². The van der Waals surface area contributed by atoms with Gasteiger partial charge in [0.25, 0.3) is 0 Å². The van der Waals surface area contributed by atoms with Crippen LogP contribution in [0.2, 0.25) is 0 Å². The predicted octanol–water partition coefficient (Wildman–Crippen LogP) is 6.86. The number of nitrogens with zero attached hydrogens (tertiary/aromatic N) is 1. The lowest BCUT2D eigenvalue weighted by Crippen LogP contribution is -2.40. The van der Waals surface area contributed by atoms with Crippen molar-refractivity contribution in [2.75, 3.05) is 32.0 Å². The number of carbonyl (C=O) groups excluding carboxylic acids is 2. The number of aryl methyl sites for hydroxylation is 1. The van der Waals surface area contributed by atoms with E-state index in [1.807, 2.05) is 56.4 Å². The molecule has 4 aromatic rings. The molecule has 0 saturated heterocycles. The monoisotopic (exact) mass is 654 g/mol. The van der Waals surface area contributed by atoms with Gasteiger partial charge in [-0.2, -0.15) is 0 Å². The Morgan fingerprint density at radius 3 is 2.35 bits per heavy atom. The summed E-state index contributed by atoms with van der Waals surface area (Å²) in [4.78, 5) is 40.3. The van der Waals surface area contributed by atoms with E-state index in [0.29, 0.717) is 47.8 Å². The standard InChI is InChI=1S/C38H46N4O6/c1-9-22(4)35(38(45)41-28-11-10-12-31-26(28)17-18-42(31)21(2)3)40-30-16-14-25-27(20-32(30)44)29(39-23(5)43)15-13-24-19-33(46-6)36(47-7)37(48-8)34(24)25/h10-12,14,16-22,29,35H,9,13,15H2,1-8H3,(H,39,43)(H,40,44)(H,41,45)/t22-,29+,35+/m1/s1. The number of nitrogens with one attached hydrogen (secondary N) is 3. The van der Waals surface area contributed by atoms with E-state index >= 15 is 0 Å². The summed E-state index contributed by atoms with van der Waals surface area (Å²) in [5, 5.41) is 10.4. The lowest BCUT2D eigenvalue weighted by Gasteiger charge is -2.24. The molecule has 254 valence electrons. The first-order chi connectivity index (χ1) is 23.0. The molecule has 1 aliphatic rings. The van der Waals surface area contributed by atoms with Crippen molar-refractivity contribution >= 4 is 34.1 Å². The Morgan fingerprint density at radius 1 is 0.958 bits per heavy atom. The van der Waals surface area contributed by atoms with Crippen molar-refractivity contribution in [2.24, 2.45) is 5.92 Å². The third-order valence-electron chi connectivity index (χ3n) is 9.30. The molecule has 1 aliphatic carbocycles. The molecular formula is C38H46N4O6. The van der Waals surface area contributed by atoms with Crippen molar-refractivity contribution in [3.63, 3.8) is 0 Å². The molecule has 2 amide bonds. The highest BCUT2D eigenvalue weighted by molar-refractivity contribution is 6.04. The number of carbonyl (C=O) groups is 2. The molecule has 10 heteroatoms. The van der Waals surface area contributed by atoms with Crippen molar-refractivity contribution in [3.05, 3.63) is 76.1 Å². The third-order valence-corrected chi connectivity index (χ3v) is 9.30. The van der Waals surface area contributed by atoms with E-state index in [0.717, 1.165) is 27.6 Å².